The van der Waals surface area contributed by atoms with E-state index in [1.165, 1.54) is 0 Å². The summed E-state index contributed by atoms with van der Waals surface area (Å²) in [5.74, 6) is 0. The number of aromatic nitrogens is 1. The molecular formula is C11H20N4O. The van der Waals surface area contributed by atoms with E-state index in [1.807, 2.05) is 7.05 Å². The van der Waals surface area contributed by atoms with Crippen LogP contribution >= 0.6 is 0 Å². The van der Waals surface area contributed by atoms with Gasteiger partial charge in [-0.1, -0.05) is 0 Å². The Bertz CT molecular complexity index is 338. The molecule has 1 atom stereocenters. The Hall–Kier alpha value is -1.07. The highest BCUT2D eigenvalue weighted by atomic mass is 16.4. The van der Waals surface area contributed by atoms with Gasteiger partial charge in [0.2, 0.25) is 0 Å². The van der Waals surface area contributed by atoms with Gasteiger partial charge in [0.25, 0.3) is 6.01 Å². The third-order valence-corrected chi connectivity index (χ3v) is 2.97. The molecule has 0 radical (unpaired) electrons. The summed E-state index contributed by atoms with van der Waals surface area (Å²) in [6, 6.07) is 1.21. The van der Waals surface area contributed by atoms with Crippen molar-refractivity contribution in [3.05, 3.63) is 12.0 Å². The van der Waals surface area contributed by atoms with Crippen molar-refractivity contribution in [2.75, 3.05) is 38.6 Å². The molecule has 1 aromatic rings. The van der Waals surface area contributed by atoms with Crippen LogP contribution in [0.3, 0.4) is 0 Å². The molecule has 2 heterocycles. The highest BCUT2D eigenvalue weighted by Gasteiger charge is 2.24. The van der Waals surface area contributed by atoms with Crippen LogP contribution in [-0.4, -0.2) is 49.7 Å². The van der Waals surface area contributed by atoms with Crippen LogP contribution in [-0.2, 0) is 6.54 Å². The van der Waals surface area contributed by atoms with Crippen LogP contribution in [0.4, 0.5) is 6.01 Å². The zero-order valence-electron chi connectivity index (χ0n) is 10.2. The maximum Gasteiger partial charge on any atom is 0.297 e. The molecule has 1 aliphatic heterocycles. The minimum Gasteiger partial charge on any atom is -0.432 e. The zero-order chi connectivity index (χ0) is 11.5. The molecule has 0 aliphatic carbocycles. The van der Waals surface area contributed by atoms with Crippen LogP contribution in [0.5, 0.6) is 0 Å². The van der Waals surface area contributed by atoms with Crippen molar-refractivity contribution in [1.29, 1.82) is 0 Å². The van der Waals surface area contributed by atoms with Crippen LogP contribution in [0.15, 0.2) is 10.7 Å². The summed E-state index contributed by atoms with van der Waals surface area (Å²) < 4.78 is 5.52. The number of likely N-dealkylation sites (N-methyl/N-ethyl adjacent to an activating group) is 1. The molecular weight excluding hydrogens is 204 g/mol. The average molecular weight is 224 g/mol. The first kappa shape index (κ1) is 11.4. The molecule has 90 valence electrons. The molecule has 5 nitrogen and oxygen atoms in total. The fourth-order valence-corrected chi connectivity index (χ4v) is 2.11. The molecule has 0 bridgehead atoms. The van der Waals surface area contributed by atoms with Crippen LogP contribution in [0.2, 0.25) is 0 Å². The first-order valence-electron chi connectivity index (χ1n) is 5.75. The second-order valence-electron chi connectivity index (χ2n) is 4.46. The molecule has 2 rings (SSSR count). The topological polar surface area (TPSA) is 44.5 Å². The Morgan fingerprint density at radius 2 is 2.38 bits per heavy atom. The second-order valence-corrected chi connectivity index (χ2v) is 4.46. The summed E-state index contributed by atoms with van der Waals surface area (Å²) in [7, 11) is 4.06. The molecule has 0 saturated carbocycles. The summed E-state index contributed by atoms with van der Waals surface area (Å²) in [5.41, 5.74) is 0.962. The van der Waals surface area contributed by atoms with E-state index in [0.29, 0.717) is 6.04 Å². The Kier molecular flexibility index (Phi) is 3.46. The number of rotatable bonds is 3. The van der Waals surface area contributed by atoms with E-state index in [4.69, 9.17) is 4.42 Å². The van der Waals surface area contributed by atoms with Crippen molar-refractivity contribution in [2.24, 2.45) is 0 Å². The quantitative estimate of drug-likeness (QED) is 0.811. The van der Waals surface area contributed by atoms with Gasteiger partial charge in [-0.3, -0.25) is 0 Å². The van der Waals surface area contributed by atoms with Gasteiger partial charge in [-0.25, -0.2) is 0 Å². The molecule has 1 fully saturated rings. The number of anilines is 1. The Balaban J connectivity index is 2.05. The van der Waals surface area contributed by atoms with Gasteiger partial charge in [0.05, 0.1) is 5.69 Å². The lowest BCUT2D eigenvalue weighted by Crippen LogP contribution is -2.50. The predicted octanol–water partition coefficient (Wildman–Crippen LogP) is 0.534. The fourth-order valence-electron chi connectivity index (χ4n) is 2.11. The first-order chi connectivity index (χ1) is 7.70. The van der Waals surface area contributed by atoms with Gasteiger partial charge in [0.1, 0.15) is 6.26 Å². The molecule has 1 saturated heterocycles. The Morgan fingerprint density at radius 3 is 3.06 bits per heavy atom. The Labute approximate surface area is 96.4 Å². The largest absolute Gasteiger partial charge is 0.432 e. The fraction of sp³-hybridized carbons (Fsp3) is 0.727. The maximum absolute atomic E-state index is 5.52. The van der Waals surface area contributed by atoms with Gasteiger partial charge in [-0.2, -0.15) is 4.98 Å². The van der Waals surface area contributed by atoms with Gasteiger partial charge in [0, 0.05) is 32.2 Å². The van der Waals surface area contributed by atoms with Crippen LogP contribution in [0.1, 0.15) is 12.6 Å². The van der Waals surface area contributed by atoms with E-state index in [0.717, 1.165) is 37.9 Å². The minimum absolute atomic E-state index is 0.458. The normalized spacial score (nSPS) is 22.7. The van der Waals surface area contributed by atoms with Gasteiger partial charge in [-0.15, -0.1) is 0 Å². The van der Waals surface area contributed by atoms with E-state index in [1.54, 1.807) is 6.26 Å². The van der Waals surface area contributed by atoms with Crippen LogP contribution in [0.25, 0.3) is 0 Å². The van der Waals surface area contributed by atoms with Crippen LogP contribution < -0.4 is 10.2 Å². The van der Waals surface area contributed by atoms with Crippen molar-refractivity contribution in [1.82, 2.24) is 15.2 Å². The molecule has 0 amide bonds. The van der Waals surface area contributed by atoms with E-state index in [9.17, 15) is 0 Å². The summed E-state index contributed by atoms with van der Waals surface area (Å²) in [4.78, 5) is 9.04. The van der Waals surface area contributed by atoms with Crippen molar-refractivity contribution < 1.29 is 4.42 Å². The van der Waals surface area contributed by atoms with Crippen LogP contribution in [0, 0.1) is 0 Å². The van der Waals surface area contributed by atoms with Gasteiger partial charge < -0.3 is 19.5 Å². The maximum atomic E-state index is 5.52. The van der Waals surface area contributed by atoms with Gasteiger partial charge in [0.15, 0.2) is 0 Å². The Morgan fingerprint density at radius 1 is 1.56 bits per heavy atom. The lowest BCUT2D eigenvalue weighted by atomic mass is 10.2. The molecule has 5 heteroatoms. The zero-order valence-corrected chi connectivity index (χ0v) is 10.2. The smallest absolute Gasteiger partial charge is 0.297 e. The molecule has 0 spiro atoms. The highest BCUT2D eigenvalue weighted by Crippen LogP contribution is 2.19. The summed E-state index contributed by atoms with van der Waals surface area (Å²) in [6.07, 6.45) is 1.73. The van der Waals surface area contributed by atoms with E-state index < -0.39 is 0 Å². The number of oxazole rings is 1. The highest BCUT2D eigenvalue weighted by molar-refractivity contribution is 5.30. The summed E-state index contributed by atoms with van der Waals surface area (Å²) >= 11 is 0. The standard InChI is InChI=1S/C11H20N4O/c1-9-7-14(3)4-5-15(9)11-13-10(6-12-2)8-16-11/h8-9,12H,4-7H2,1-3H3. The van der Waals surface area contributed by atoms with Crippen molar-refractivity contribution >= 4 is 6.01 Å². The van der Waals surface area contributed by atoms with E-state index >= 15 is 0 Å². The molecule has 1 unspecified atom stereocenters. The monoisotopic (exact) mass is 224 g/mol. The predicted molar refractivity (Wildman–Crippen MR) is 63.6 cm³/mol. The number of hydrogen-bond acceptors (Lipinski definition) is 5. The molecule has 1 N–H and O–H groups in total. The molecule has 1 aromatic heterocycles. The number of nitrogens with zero attached hydrogens (tertiary/aromatic N) is 3. The summed E-state index contributed by atoms with van der Waals surface area (Å²) in [6.45, 7) is 6.07. The van der Waals surface area contributed by atoms with Crippen molar-refractivity contribution in [2.45, 2.75) is 19.5 Å². The third-order valence-electron chi connectivity index (χ3n) is 2.97. The SMILES string of the molecule is CNCc1coc(N2CCN(C)CC2C)n1. The van der Waals surface area contributed by atoms with Crippen molar-refractivity contribution in [3.8, 4) is 0 Å². The number of hydrogen-bond donors (Lipinski definition) is 1. The first-order valence-corrected chi connectivity index (χ1v) is 5.75. The van der Waals surface area contributed by atoms with E-state index in [-0.39, 0.29) is 0 Å². The lowest BCUT2D eigenvalue weighted by molar-refractivity contribution is 0.267. The number of nitrogens with one attached hydrogen (secondary N) is 1. The molecule has 16 heavy (non-hydrogen) atoms. The van der Waals surface area contributed by atoms with Crippen molar-refractivity contribution in [3.63, 3.8) is 0 Å². The third kappa shape index (κ3) is 2.36. The molecule has 1 aliphatic rings. The summed E-state index contributed by atoms with van der Waals surface area (Å²) in [5, 5.41) is 3.07. The van der Waals surface area contributed by atoms with Gasteiger partial charge >= 0.3 is 0 Å². The average Bonchev–Trinajstić information content (AvgIpc) is 2.67. The second kappa shape index (κ2) is 4.84. The van der Waals surface area contributed by atoms with E-state index in [2.05, 4.69) is 34.1 Å². The number of piperazine rings is 1. The lowest BCUT2D eigenvalue weighted by Gasteiger charge is -2.37. The molecule has 0 aromatic carbocycles. The minimum atomic E-state index is 0.458. The van der Waals surface area contributed by atoms with Gasteiger partial charge in [-0.05, 0) is 21.0 Å².